The molecule has 0 atom stereocenters. The summed E-state index contributed by atoms with van der Waals surface area (Å²) in [5.41, 5.74) is 2.32. The van der Waals surface area contributed by atoms with Crippen LogP contribution in [0.25, 0.3) is 0 Å². The van der Waals surface area contributed by atoms with E-state index in [2.05, 4.69) is 15.4 Å². The van der Waals surface area contributed by atoms with Crippen molar-refractivity contribution in [1.29, 1.82) is 0 Å². The van der Waals surface area contributed by atoms with E-state index in [1.165, 1.54) is 6.42 Å². The monoisotopic (exact) mass is 269 g/mol. The van der Waals surface area contributed by atoms with Gasteiger partial charge in [0, 0.05) is 12.6 Å². The van der Waals surface area contributed by atoms with E-state index in [4.69, 9.17) is 5.84 Å². The van der Waals surface area contributed by atoms with Crippen LogP contribution in [0.5, 0.6) is 0 Å². The Morgan fingerprint density at radius 3 is 2.79 bits per heavy atom. The number of hydrogen-bond acceptors (Lipinski definition) is 6. The summed E-state index contributed by atoms with van der Waals surface area (Å²) in [6.45, 7) is 0.327. The summed E-state index contributed by atoms with van der Waals surface area (Å²) >= 11 is 0. The smallest absolute Gasteiger partial charge is 0.239 e. The van der Waals surface area contributed by atoms with Crippen LogP contribution in [0.4, 0.5) is 16.2 Å². The Balaban J connectivity index is 2.26. The SMILES string of the molecule is NNc1ncc(F)c(N(CCO)C2CCCCC2)n1. The number of nitrogens with one attached hydrogen (secondary N) is 1. The average molecular weight is 269 g/mol. The van der Waals surface area contributed by atoms with E-state index in [-0.39, 0.29) is 24.4 Å². The highest BCUT2D eigenvalue weighted by Gasteiger charge is 2.24. The van der Waals surface area contributed by atoms with Crippen LogP contribution in [-0.4, -0.2) is 34.3 Å². The number of hydrazine groups is 1. The van der Waals surface area contributed by atoms with E-state index in [0.29, 0.717) is 6.54 Å². The van der Waals surface area contributed by atoms with Crippen molar-refractivity contribution in [2.75, 3.05) is 23.5 Å². The minimum atomic E-state index is -0.488. The zero-order valence-electron chi connectivity index (χ0n) is 10.8. The molecule has 1 aromatic heterocycles. The molecule has 1 aliphatic rings. The van der Waals surface area contributed by atoms with Gasteiger partial charge in [0.15, 0.2) is 11.6 Å². The van der Waals surface area contributed by atoms with Crippen LogP contribution in [0.15, 0.2) is 6.20 Å². The molecule has 0 spiro atoms. The van der Waals surface area contributed by atoms with E-state index >= 15 is 0 Å². The average Bonchev–Trinajstić information content (AvgIpc) is 2.47. The normalized spacial score (nSPS) is 16.4. The van der Waals surface area contributed by atoms with Gasteiger partial charge in [-0.2, -0.15) is 4.98 Å². The molecule has 0 saturated heterocycles. The third-order valence-electron chi connectivity index (χ3n) is 3.48. The van der Waals surface area contributed by atoms with E-state index in [0.717, 1.165) is 31.9 Å². The zero-order valence-corrected chi connectivity index (χ0v) is 10.8. The van der Waals surface area contributed by atoms with Crippen molar-refractivity contribution in [3.8, 4) is 0 Å². The first-order valence-corrected chi connectivity index (χ1v) is 6.63. The second-order valence-corrected chi connectivity index (χ2v) is 4.72. The van der Waals surface area contributed by atoms with Crippen LogP contribution in [-0.2, 0) is 0 Å². The minimum Gasteiger partial charge on any atom is -0.395 e. The van der Waals surface area contributed by atoms with Crippen molar-refractivity contribution >= 4 is 11.8 Å². The van der Waals surface area contributed by atoms with Crippen molar-refractivity contribution < 1.29 is 9.50 Å². The summed E-state index contributed by atoms with van der Waals surface area (Å²) in [4.78, 5) is 9.64. The quantitative estimate of drug-likeness (QED) is 0.547. The van der Waals surface area contributed by atoms with Crippen LogP contribution in [0.2, 0.25) is 0 Å². The molecule has 1 aliphatic carbocycles. The predicted molar refractivity (Wildman–Crippen MR) is 71.1 cm³/mol. The number of rotatable bonds is 5. The molecule has 0 unspecified atom stereocenters. The lowest BCUT2D eigenvalue weighted by molar-refractivity contribution is 0.288. The fraction of sp³-hybridized carbons (Fsp3) is 0.667. The number of nitrogens with zero attached hydrogens (tertiary/aromatic N) is 3. The van der Waals surface area contributed by atoms with Crippen molar-refractivity contribution in [1.82, 2.24) is 9.97 Å². The summed E-state index contributed by atoms with van der Waals surface area (Å²) in [6, 6.07) is 0.218. The van der Waals surface area contributed by atoms with Gasteiger partial charge in [0.25, 0.3) is 0 Å². The van der Waals surface area contributed by atoms with Crippen LogP contribution >= 0.6 is 0 Å². The zero-order chi connectivity index (χ0) is 13.7. The second-order valence-electron chi connectivity index (χ2n) is 4.72. The van der Waals surface area contributed by atoms with Crippen molar-refractivity contribution in [2.24, 2.45) is 5.84 Å². The third kappa shape index (κ3) is 3.30. The van der Waals surface area contributed by atoms with E-state index in [9.17, 15) is 9.50 Å². The Kier molecular flexibility index (Phi) is 4.86. The summed E-state index contributed by atoms with van der Waals surface area (Å²) in [6.07, 6.45) is 6.56. The molecular formula is C12H20FN5O. The molecule has 1 heterocycles. The van der Waals surface area contributed by atoms with Gasteiger partial charge in [-0.25, -0.2) is 15.2 Å². The molecule has 4 N–H and O–H groups in total. The molecule has 106 valence electrons. The summed E-state index contributed by atoms with van der Waals surface area (Å²) in [5, 5.41) is 9.20. The fourth-order valence-corrected chi connectivity index (χ4v) is 2.59. The molecule has 0 bridgehead atoms. The lowest BCUT2D eigenvalue weighted by Gasteiger charge is -2.35. The van der Waals surface area contributed by atoms with Crippen molar-refractivity contribution in [2.45, 2.75) is 38.1 Å². The van der Waals surface area contributed by atoms with Crippen LogP contribution < -0.4 is 16.2 Å². The lowest BCUT2D eigenvalue weighted by atomic mass is 9.94. The van der Waals surface area contributed by atoms with Gasteiger partial charge in [0.2, 0.25) is 5.95 Å². The molecule has 2 rings (SSSR count). The Morgan fingerprint density at radius 2 is 2.16 bits per heavy atom. The summed E-state index contributed by atoms with van der Waals surface area (Å²) in [7, 11) is 0. The maximum atomic E-state index is 13.9. The number of aliphatic hydroxyl groups excluding tert-OH is 1. The largest absolute Gasteiger partial charge is 0.395 e. The number of halogens is 1. The minimum absolute atomic E-state index is 0.0364. The number of nitrogens with two attached hydrogens (primary N) is 1. The molecule has 0 radical (unpaired) electrons. The first-order chi connectivity index (χ1) is 9.26. The molecule has 0 aromatic carbocycles. The lowest BCUT2D eigenvalue weighted by Crippen LogP contribution is -2.40. The number of nitrogen functional groups attached to an aromatic ring is 1. The topological polar surface area (TPSA) is 87.3 Å². The molecule has 0 aliphatic heterocycles. The van der Waals surface area contributed by atoms with Gasteiger partial charge >= 0.3 is 0 Å². The van der Waals surface area contributed by atoms with Gasteiger partial charge in [-0.3, -0.25) is 5.43 Å². The van der Waals surface area contributed by atoms with Crippen LogP contribution in [0, 0.1) is 5.82 Å². The molecule has 1 aromatic rings. The maximum absolute atomic E-state index is 13.9. The highest BCUT2D eigenvalue weighted by Crippen LogP contribution is 2.27. The molecule has 19 heavy (non-hydrogen) atoms. The molecule has 1 fully saturated rings. The highest BCUT2D eigenvalue weighted by molar-refractivity contribution is 5.44. The second kappa shape index (κ2) is 6.63. The number of aromatic nitrogens is 2. The molecule has 0 amide bonds. The van der Waals surface area contributed by atoms with Crippen molar-refractivity contribution in [3.05, 3.63) is 12.0 Å². The molecule has 1 saturated carbocycles. The Labute approximate surface area is 111 Å². The van der Waals surface area contributed by atoms with Crippen molar-refractivity contribution in [3.63, 3.8) is 0 Å². The molecule has 6 nitrogen and oxygen atoms in total. The van der Waals surface area contributed by atoms with Gasteiger partial charge in [-0.05, 0) is 12.8 Å². The first-order valence-electron chi connectivity index (χ1n) is 6.63. The number of aliphatic hydroxyl groups is 1. The van der Waals surface area contributed by atoms with E-state index < -0.39 is 5.82 Å². The summed E-state index contributed by atoms with van der Waals surface area (Å²) in [5.74, 6) is 5.16. The van der Waals surface area contributed by atoms with Gasteiger partial charge < -0.3 is 10.0 Å². The fourth-order valence-electron chi connectivity index (χ4n) is 2.59. The predicted octanol–water partition coefficient (Wildman–Crippen LogP) is 1.03. The third-order valence-corrected chi connectivity index (χ3v) is 3.48. The van der Waals surface area contributed by atoms with Gasteiger partial charge in [-0.15, -0.1) is 0 Å². The number of hydrogen-bond donors (Lipinski definition) is 3. The Hall–Kier alpha value is -1.47. The van der Waals surface area contributed by atoms with E-state index in [1.807, 2.05) is 4.90 Å². The van der Waals surface area contributed by atoms with Gasteiger partial charge in [0.05, 0.1) is 12.8 Å². The standard InChI is InChI=1S/C12H20FN5O/c13-10-8-15-12(17-14)16-11(10)18(6-7-19)9-4-2-1-3-5-9/h8-9,19H,1-7,14H2,(H,15,16,17). The van der Waals surface area contributed by atoms with Crippen LogP contribution in [0.3, 0.4) is 0 Å². The molecular weight excluding hydrogens is 249 g/mol. The summed E-state index contributed by atoms with van der Waals surface area (Å²) < 4.78 is 13.9. The maximum Gasteiger partial charge on any atom is 0.239 e. The highest BCUT2D eigenvalue weighted by atomic mass is 19.1. The van der Waals surface area contributed by atoms with Gasteiger partial charge in [0.1, 0.15) is 0 Å². The van der Waals surface area contributed by atoms with Gasteiger partial charge in [-0.1, -0.05) is 19.3 Å². The molecule has 7 heteroatoms. The van der Waals surface area contributed by atoms with Crippen LogP contribution in [0.1, 0.15) is 32.1 Å². The Morgan fingerprint density at radius 1 is 1.42 bits per heavy atom. The Bertz CT molecular complexity index is 411. The first kappa shape index (κ1) is 14.0. The number of anilines is 2. The van der Waals surface area contributed by atoms with E-state index in [1.54, 1.807) is 0 Å².